The summed E-state index contributed by atoms with van der Waals surface area (Å²) in [6.07, 6.45) is 0.735. The van der Waals surface area contributed by atoms with E-state index in [1.54, 1.807) is 12.1 Å². The van der Waals surface area contributed by atoms with Crippen LogP contribution in [0.25, 0.3) is 0 Å². The quantitative estimate of drug-likeness (QED) is 0.512. The average Bonchev–Trinajstić information content (AvgIpc) is 3.14. The number of hydrogen-bond donors (Lipinski definition) is 2. The van der Waals surface area contributed by atoms with Crippen LogP contribution < -0.4 is 15.5 Å². The van der Waals surface area contributed by atoms with Crippen molar-refractivity contribution in [2.75, 3.05) is 23.8 Å². The maximum atomic E-state index is 13.3. The van der Waals surface area contributed by atoms with E-state index in [0.717, 1.165) is 33.6 Å². The molecule has 34 heavy (non-hydrogen) atoms. The summed E-state index contributed by atoms with van der Waals surface area (Å²) in [5, 5.41) is 6.11. The first-order chi connectivity index (χ1) is 16.3. The zero-order chi connectivity index (χ0) is 24.2. The van der Waals surface area contributed by atoms with Crippen LogP contribution in [0.5, 0.6) is 0 Å². The fourth-order valence-electron chi connectivity index (χ4n) is 4.65. The second-order valence-corrected chi connectivity index (χ2v) is 9.05. The maximum absolute atomic E-state index is 13.3. The lowest BCUT2D eigenvalue weighted by Crippen LogP contribution is -2.44. The van der Waals surface area contributed by atoms with Crippen molar-refractivity contribution >= 4 is 23.2 Å². The van der Waals surface area contributed by atoms with Crippen LogP contribution in [0.4, 0.5) is 15.8 Å². The predicted octanol–water partition coefficient (Wildman–Crippen LogP) is 4.73. The Morgan fingerprint density at radius 3 is 2.41 bits per heavy atom. The molecular weight excluding hydrogens is 429 g/mol. The topological polar surface area (TPSA) is 61.4 Å². The molecule has 176 valence electrons. The van der Waals surface area contributed by atoms with Crippen LogP contribution >= 0.6 is 0 Å². The molecule has 3 aromatic carbocycles. The molecule has 0 saturated carbocycles. The number of carbonyl (C=O) groups is 2. The van der Waals surface area contributed by atoms with Gasteiger partial charge in [0.25, 0.3) is 0 Å². The number of fused-ring (bicyclic) bond motifs is 1. The highest BCUT2D eigenvalue weighted by Gasteiger charge is 2.35. The summed E-state index contributed by atoms with van der Waals surface area (Å²) in [6.45, 7) is 4.47. The summed E-state index contributed by atoms with van der Waals surface area (Å²) in [6, 6.07) is 20.1. The zero-order valence-electron chi connectivity index (χ0n) is 19.8. The summed E-state index contributed by atoms with van der Waals surface area (Å²) in [5.41, 5.74) is 5.73. The fourth-order valence-corrected chi connectivity index (χ4v) is 4.65. The number of hydrogen-bond acceptors (Lipinski definition) is 3. The lowest BCUT2D eigenvalue weighted by molar-refractivity contribution is -0.125. The van der Waals surface area contributed by atoms with Crippen molar-refractivity contribution in [2.24, 2.45) is 0 Å². The third kappa shape index (κ3) is 5.28. The monoisotopic (exact) mass is 459 g/mol. The van der Waals surface area contributed by atoms with Gasteiger partial charge in [-0.1, -0.05) is 42.5 Å². The van der Waals surface area contributed by atoms with Crippen LogP contribution in [0.1, 0.15) is 34.6 Å². The molecule has 2 atom stereocenters. The number of amides is 2. The Hall–Kier alpha value is -3.67. The average molecular weight is 460 g/mol. The molecule has 0 saturated heterocycles. The van der Waals surface area contributed by atoms with Crippen LogP contribution in [-0.2, 0) is 16.0 Å². The van der Waals surface area contributed by atoms with E-state index in [1.807, 2.05) is 68.3 Å². The van der Waals surface area contributed by atoms with E-state index in [-0.39, 0.29) is 30.1 Å². The van der Waals surface area contributed by atoms with Crippen LogP contribution in [0.3, 0.4) is 0 Å². The minimum atomic E-state index is -0.498. The maximum Gasteiger partial charge on any atom is 0.232 e. The molecule has 2 amide bonds. The van der Waals surface area contributed by atoms with E-state index in [9.17, 15) is 14.0 Å². The van der Waals surface area contributed by atoms with Gasteiger partial charge in [-0.05, 0) is 66.8 Å². The highest BCUT2D eigenvalue weighted by molar-refractivity contribution is 6.06. The molecule has 3 aromatic rings. The summed E-state index contributed by atoms with van der Waals surface area (Å²) < 4.78 is 13.3. The molecule has 0 fully saturated rings. The van der Waals surface area contributed by atoms with Crippen molar-refractivity contribution in [1.29, 1.82) is 0 Å². The Morgan fingerprint density at radius 1 is 1.03 bits per heavy atom. The first-order valence-corrected chi connectivity index (χ1v) is 11.5. The Labute approximate surface area is 200 Å². The highest BCUT2D eigenvalue weighted by Crippen LogP contribution is 2.39. The molecule has 1 heterocycles. The third-order valence-electron chi connectivity index (χ3n) is 6.43. The van der Waals surface area contributed by atoms with Crippen molar-refractivity contribution < 1.29 is 14.0 Å². The van der Waals surface area contributed by atoms with Crippen molar-refractivity contribution in [3.05, 3.63) is 94.8 Å². The summed E-state index contributed by atoms with van der Waals surface area (Å²) in [5.74, 6) is -1.08. The lowest BCUT2D eigenvalue weighted by Gasteiger charge is -2.27. The Kier molecular flexibility index (Phi) is 6.96. The minimum absolute atomic E-state index is 0.0919. The number of halogens is 1. The largest absolute Gasteiger partial charge is 0.373 e. The molecule has 0 bridgehead atoms. The van der Waals surface area contributed by atoms with E-state index in [1.165, 1.54) is 12.1 Å². The Balaban J connectivity index is 1.50. The van der Waals surface area contributed by atoms with Crippen molar-refractivity contribution in [2.45, 2.75) is 38.6 Å². The molecule has 2 N–H and O–H groups in total. The van der Waals surface area contributed by atoms with Gasteiger partial charge >= 0.3 is 0 Å². The normalized spacial score (nSPS) is 15.4. The van der Waals surface area contributed by atoms with Gasteiger partial charge in [-0.15, -0.1) is 0 Å². The van der Waals surface area contributed by atoms with Crippen LogP contribution in [0.15, 0.2) is 66.7 Å². The number of carbonyl (C=O) groups excluding carboxylic acids is 2. The van der Waals surface area contributed by atoms with Gasteiger partial charge in [0.1, 0.15) is 5.82 Å². The van der Waals surface area contributed by atoms with Gasteiger partial charge in [-0.3, -0.25) is 9.59 Å². The molecule has 5 nitrogen and oxygen atoms in total. The summed E-state index contributed by atoms with van der Waals surface area (Å²) in [7, 11) is 1.92. The van der Waals surface area contributed by atoms with Crippen molar-refractivity contribution in [3.8, 4) is 0 Å². The van der Waals surface area contributed by atoms with Gasteiger partial charge in [-0.2, -0.15) is 0 Å². The number of nitrogens with one attached hydrogen (secondary N) is 2. The number of benzene rings is 3. The van der Waals surface area contributed by atoms with Crippen LogP contribution in [0, 0.1) is 19.7 Å². The number of rotatable bonds is 8. The van der Waals surface area contributed by atoms with Crippen LogP contribution in [-0.4, -0.2) is 31.4 Å². The minimum Gasteiger partial charge on any atom is -0.373 e. The van der Waals surface area contributed by atoms with E-state index >= 15 is 0 Å². The molecule has 0 aliphatic carbocycles. The third-order valence-corrected chi connectivity index (χ3v) is 6.43. The standard InChI is InChI=1S/C28H30FN3O2/c1-18-9-10-19(2)27-26(18)24(28(34)31-27)16-25(33)30-22(15-20-7-5-4-6-8-20)17-32(3)23-13-11-21(29)12-14-23/h4-14,22,24H,15-17H2,1-3H3,(H,30,33)(H,31,34)/t22-,24?/m0/s1. The molecule has 0 spiro atoms. The number of anilines is 2. The van der Waals surface area contributed by atoms with E-state index in [0.29, 0.717) is 13.0 Å². The fraction of sp³-hybridized carbons (Fsp3) is 0.286. The summed E-state index contributed by atoms with van der Waals surface area (Å²) >= 11 is 0. The molecule has 1 aliphatic rings. The first-order valence-electron chi connectivity index (χ1n) is 11.5. The molecular formula is C28H30FN3O2. The Morgan fingerprint density at radius 2 is 1.71 bits per heavy atom. The van der Waals surface area contributed by atoms with E-state index in [2.05, 4.69) is 10.6 Å². The van der Waals surface area contributed by atoms with Crippen molar-refractivity contribution in [1.82, 2.24) is 5.32 Å². The van der Waals surface area contributed by atoms with E-state index < -0.39 is 5.92 Å². The van der Waals surface area contributed by atoms with Crippen molar-refractivity contribution in [3.63, 3.8) is 0 Å². The van der Waals surface area contributed by atoms with Gasteiger partial charge in [0.05, 0.1) is 12.0 Å². The van der Waals surface area contributed by atoms with Gasteiger partial charge in [0, 0.05) is 31.4 Å². The van der Waals surface area contributed by atoms with Gasteiger partial charge < -0.3 is 15.5 Å². The number of aryl methyl sites for hydroxylation is 2. The molecule has 6 heteroatoms. The molecule has 1 aliphatic heterocycles. The zero-order valence-corrected chi connectivity index (χ0v) is 19.8. The van der Waals surface area contributed by atoms with Gasteiger partial charge in [-0.25, -0.2) is 4.39 Å². The molecule has 4 rings (SSSR count). The Bertz CT molecular complexity index is 1180. The van der Waals surface area contributed by atoms with Crippen LogP contribution in [0.2, 0.25) is 0 Å². The predicted molar refractivity (Wildman–Crippen MR) is 134 cm³/mol. The lowest BCUT2D eigenvalue weighted by atomic mass is 9.91. The van der Waals surface area contributed by atoms with E-state index in [4.69, 9.17) is 0 Å². The molecule has 0 aromatic heterocycles. The van der Waals surface area contributed by atoms with Gasteiger partial charge in [0.2, 0.25) is 11.8 Å². The molecule has 1 unspecified atom stereocenters. The second-order valence-electron chi connectivity index (χ2n) is 9.05. The smallest absolute Gasteiger partial charge is 0.232 e. The summed E-state index contributed by atoms with van der Waals surface area (Å²) in [4.78, 5) is 27.9. The molecule has 0 radical (unpaired) electrons. The highest BCUT2D eigenvalue weighted by atomic mass is 19.1. The number of likely N-dealkylation sites (N-methyl/N-ethyl adjacent to an activating group) is 1. The second kappa shape index (κ2) is 10.1. The first kappa shape index (κ1) is 23.5. The van der Waals surface area contributed by atoms with Gasteiger partial charge in [0.15, 0.2) is 0 Å². The number of nitrogens with zero attached hydrogens (tertiary/aromatic N) is 1. The SMILES string of the molecule is Cc1ccc(C)c2c1NC(=O)C2CC(=O)N[C@@H](Cc1ccccc1)CN(C)c1ccc(F)cc1.